The Morgan fingerprint density at radius 2 is 2.38 bits per heavy atom. The van der Waals surface area contributed by atoms with Crippen LogP contribution in [0.1, 0.15) is 12.5 Å². The van der Waals surface area contributed by atoms with E-state index in [-0.39, 0.29) is 0 Å². The third-order valence-electron chi connectivity index (χ3n) is 2.12. The van der Waals surface area contributed by atoms with Crippen LogP contribution in [0.4, 0.5) is 5.82 Å². The maximum Gasteiger partial charge on any atom is 0.149 e. The van der Waals surface area contributed by atoms with E-state index in [1.807, 2.05) is 0 Å². The van der Waals surface area contributed by atoms with Crippen molar-refractivity contribution >= 4 is 28.8 Å². The van der Waals surface area contributed by atoms with Gasteiger partial charge in [0, 0.05) is 6.04 Å². The molecule has 0 saturated heterocycles. The Hall–Kier alpha value is -1.13. The Labute approximate surface area is 104 Å². The lowest BCUT2D eigenvalue weighted by Crippen LogP contribution is -2.18. The number of thiophene rings is 1. The van der Waals surface area contributed by atoms with Crippen LogP contribution in [0.3, 0.4) is 0 Å². The maximum absolute atomic E-state index is 5.76. The van der Waals surface area contributed by atoms with E-state index in [9.17, 15) is 0 Å². The van der Waals surface area contributed by atoms with Gasteiger partial charge in [0.25, 0.3) is 0 Å². The van der Waals surface area contributed by atoms with E-state index in [1.165, 1.54) is 11.8 Å². The van der Waals surface area contributed by atoms with E-state index in [0.29, 0.717) is 11.2 Å². The second kappa shape index (κ2) is 5.27. The van der Waals surface area contributed by atoms with Crippen LogP contribution in [-0.4, -0.2) is 16.0 Å². The number of aromatic nitrogens is 2. The molecule has 2 heterocycles. The minimum Gasteiger partial charge on any atom is -0.366 e. The zero-order valence-corrected chi connectivity index (χ0v) is 10.4. The van der Waals surface area contributed by atoms with Gasteiger partial charge in [-0.15, -0.1) is 0 Å². The Morgan fingerprint density at radius 1 is 1.50 bits per heavy atom. The lowest BCUT2D eigenvalue weighted by molar-refractivity contribution is 0.785. The molecule has 3 nitrogen and oxygen atoms in total. The summed E-state index contributed by atoms with van der Waals surface area (Å²) in [6.45, 7) is 2.11. The van der Waals surface area contributed by atoms with Crippen molar-refractivity contribution in [3.05, 3.63) is 39.9 Å². The molecule has 0 saturated carbocycles. The first kappa shape index (κ1) is 11.4. The molecule has 0 aromatic carbocycles. The van der Waals surface area contributed by atoms with Crippen molar-refractivity contribution < 1.29 is 0 Å². The average Bonchev–Trinajstić information content (AvgIpc) is 2.70. The summed E-state index contributed by atoms with van der Waals surface area (Å²) < 4.78 is 0. The van der Waals surface area contributed by atoms with Crippen LogP contribution >= 0.6 is 22.9 Å². The molecule has 2 aromatic heterocycles. The highest BCUT2D eigenvalue weighted by Crippen LogP contribution is 2.12. The van der Waals surface area contributed by atoms with Crippen molar-refractivity contribution in [3.8, 4) is 0 Å². The first-order valence-corrected chi connectivity index (χ1v) is 6.31. The molecular weight excluding hydrogens is 242 g/mol. The molecule has 5 heteroatoms. The molecule has 0 aliphatic carbocycles. The van der Waals surface area contributed by atoms with Gasteiger partial charge in [-0.2, -0.15) is 11.3 Å². The van der Waals surface area contributed by atoms with Crippen LogP contribution in [0.2, 0.25) is 5.15 Å². The van der Waals surface area contributed by atoms with Crippen LogP contribution < -0.4 is 5.32 Å². The SMILES string of the molecule is CC(Cc1ccsc1)Nc1cncc(Cl)n1. The van der Waals surface area contributed by atoms with E-state index < -0.39 is 0 Å². The Kier molecular flexibility index (Phi) is 3.74. The van der Waals surface area contributed by atoms with Crippen LogP contribution in [0.25, 0.3) is 0 Å². The van der Waals surface area contributed by atoms with Gasteiger partial charge in [0.2, 0.25) is 0 Å². The molecule has 0 bridgehead atoms. The number of nitrogens with zero attached hydrogens (tertiary/aromatic N) is 2. The standard InChI is InChI=1S/C11H12ClN3S/c1-8(4-9-2-3-16-7-9)14-11-6-13-5-10(12)15-11/h2-3,5-8H,4H2,1H3,(H,14,15). The van der Waals surface area contributed by atoms with E-state index >= 15 is 0 Å². The summed E-state index contributed by atoms with van der Waals surface area (Å²) in [4.78, 5) is 8.12. The van der Waals surface area contributed by atoms with Crippen LogP contribution in [0.15, 0.2) is 29.2 Å². The number of nitrogens with one attached hydrogen (secondary N) is 1. The van der Waals surface area contributed by atoms with E-state index in [1.54, 1.807) is 17.5 Å². The molecule has 0 amide bonds. The van der Waals surface area contributed by atoms with Gasteiger partial charge in [0.1, 0.15) is 11.0 Å². The van der Waals surface area contributed by atoms with Crippen molar-refractivity contribution in [1.29, 1.82) is 0 Å². The van der Waals surface area contributed by atoms with Crippen molar-refractivity contribution in [2.45, 2.75) is 19.4 Å². The molecule has 16 heavy (non-hydrogen) atoms. The second-order valence-electron chi connectivity index (χ2n) is 3.61. The Morgan fingerprint density at radius 3 is 3.06 bits per heavy atom. The van der Waals surface area contributed by atoms with Crippen molar-refractivity contribution in [1.82, 2.24) is 9.97 Å². The predicted molar refractivity (Wildman–Crippen MR) is 68.1 cm³/mol. The average molecular weight is 254 g/mol. The fourth-order valence-electron chi connectivity index (χ4n) is 1.48. The van der Waals surface area contributed by atoms with Gasteiger partial charge >= 0.3 is 0 Å². The molecule has 1 atom stereocenters. The second-order valence-corrected chi connectivity index (χ2v) is 4.78. The summed E-state index contributed by atoms with van der Waals surface area (Å²) in [7, 11) is 0. The Bertz CT molecular complexity index is 444. The molecule has 0 fully saturated rings. The minimum absolute atomic E-state index is 0.308. The fraction of sp³-hybridized carbons (Fsp3) is 0.273. The van der Waals surface area contributed by atoms with Crippen molar-refractivity contribution in [2.75, 3.05) is 5.32 Å². The molecule has 1 unspecified atom stereocenters. The van der Waals surface area contributed by atoms with E-state index in [0.717, 1.165) is 12.2 Å². The third kappa shape index (κ3) is 3.18. The lowest BCUT2D eigenvalue weighted by Gasteiger charge is -2.13. The minimum atomic E-state index is 0.308. The highest BCUT2D eigenvalue weighted by atomic mass is 35.5. The smallest absolute Gasteiger partial charge is 0.149 e. The number of rotatable bonds is 4. The monoisotopic (exact) mass is 253 g/mol. The topological polar surface area (TPSA) is 37.8 Å². The third-order valence-corrected chi connectivity index (χ3v) is 3.04. The van der Waals surface area contributed by atoms with Gasteiger partial charge in [-0.25, -0.2) is 4.98 Å². The molecule has 2 rings (SSSR count). The molecule has 0 radical (unpaired) electrons. The van der Waals surface area contributed by atoms with Gasteiger partial charge in [-0.1, -0.05) is 11.6 Å². The van der Waals surface area contributed by atoms with Crippen LogP contribution in [0, 0.1) is 0 Å². The van der Waals surface area contributed by atoms with Crippen molar-refractivity contribution in [3.63, 3.8) is 0 Å². The van der Waals surface area contributed by atoms with Gasteiger partial charge in [0.05, 0.1) is 12.4 Å². The summed E-state index contributed by atoms with van der Waals surface area (Å²) >= 11 is 7.47. The molecular formula is C11H12ClN3S. The molecule has 0 aliphatic heterocycles. The lowest BCUT2D eigenvalue weighted by atomic mass is 10.1. The number of hydrogen-bond donors (Lipinski definition) is 1. The van der Waals surface area contributed by atoms with E-state index in [4.69, 9.17) is 11.6 Å². The molecule has 1 N–H and O–H groups in total. The zero-order valence-electron chi connectivity index (χ0n) is 8.85. The number of hydrogen-bond acceptors (Lipinski definition) is 4. The van der Waals surface area contributed by atoms with Crippen molar-refractivity contribution in [2.24, 2.45) is 0 Å². The summed E-state index contributed by atoms with van der Waals surface area (Å²) in [6, 6.07) is 2.44. The highest BCUT2D eigenvalue weighted by Gasteiger charge is 2.05. The number of halogens is 1. The fourth-order valence-corrected chi connectivity index (χ4v) is 2.31. The summed E-state index contributed by atoms with van der Waals surface area (Å²) in [5.41, 5.74) is 1.33. The first-order valence-electron chi connectivity index (χ1n) is 4.99. The largest absolute Gasteiger partial charge is 0.366 e. The quantitative estimate of drug-likeness (QED) is 0.909. The molecule has 84 valence electrons. The van der Waals surface area contributed by atoms with Gasteiger partial charge < -0.3 is 5.32 Å². The zero-order chi connectivity index (χ0) is 11.4. The predicted octanol–water partition coefficient (Wildman–Crippen LogP) is 3.23. The summed E-state index contributed by atoms with van der Waals surface area (Å²) in [5.74, 6) is 0.718. The number of anilines is 1. The normalized spacial score (nSPS) is 12.4. The van der Waals surface area contributed by atoms with E-state index in [2.05, 4.69) is 39.0 Å². The molecule has 2 aromatic rings. The van der Waals surface area contributed by atoms with Crippen LogP contribution in [-0.2, 0) is 6.42 Å². The summed E-state index contributed by atoms with van der Waals surface area (Å²) in [5, 5.41) is 7.92. The first-order chi connectivity index (χ1) is 7.74. The van der Waals surface area contributed by atoms with Gasteiger partial charge in [0.15, 0.2) is 0 Å². The molecule has 0 spiro atoms. The Balaban J connectivity index is 1.94. The summed E-state index contributed by atoms with van der Waals surface area (Å²) in [6.07, 6.45) is 4.17. The highest BCUT2D eigenvalue weighted by molar-refractivity contribution is 7.07. The van der Waals surface area contributed by atoms with Gasteiger partial charge in [-0.05, 0) is 35.7 Å². The van der Waals surface area contributed by atoms with Gasteiger partial charge in [-0.3, -0.25) is 4.98 Å². The molecule has 0 aliphatic rings. The maximum atomic E-state index is 5.76. The van der Waals surface area contributed by atoms with Crippen LogP contribution in [0.5, 0.6) is 0 Å².